The van der Waals surface area contributed by atoms with Crippen molar-refractivity contribution in [1.29, 1.82) is 0 Å². The fourth-order valence-electron chi connectivity index (χ4n) is 2.96. The molecule has 1 amide bonds. The highest BCUT2D eigenvalue weighted by Gasteiger charge is 2.21. The van der Waals surface area contributed by atoms with E-state index in [4.69, 9.17) is 11.6 Å². The van der Waals surface area contributed by atoms with E-state index in [0.717, 1.165) is 31.6 Å². The monoisotopic (exact) mass is 328 g/mol. The number of carbonyl (C=O) groups is 1. The van der Waals surface area contributed by atoms with E-state index in [2.05, 4.69) is 30.4 Å². The molecule has 2 aromatic rings. The molecule has 1 aliphatic rings. The largest absolute Gasteiger partial charge is 0.380 e. The van der Waals surface area contributed by atoms with Crippen LogP contribution in [0.25, 0.3) is 0 Å². The second kappa shape index (κ2) is 7.05. The van der Waals surface area contributed by atoms with Crippen LogP contribution in [-0.4, -0.2) is 23.9 Å². The number of hydrogen-bond acceptors (Lipinski definition) is 2. The summed E-state index contributed by atoms with van der Waals surface area (Å²) in [7, 11) is 0. The van der Waals surface area contributed by atoms with Crippen molar-refractivity contribution in [3.05, 3.63) is 64.2 Å². The van der Waals surface area contributed by atoms with Gasteiger partial charge in [-0.25, -0.2) is 0 Å². The molecular formula is C19H21ClN2O. The first-order chi connectivity index (χ1) is 11.1. The summed E-state index contributed by atoms with van der Waals surface area (Å²) >= 11 is 6.12. The Bertz CT molecular complexity index is 708. The Balaban J connectivity index is 1.80. The molecule has 0 spiro atoms. The summed E-state index contributed by atoms with van der Waals surface area (Å²) in [5.74, 6) is 0.0888. The standard InChI is InChI=1S/C19H21ClN2O/c1-14-5-4-6-15(11-14)13-21-18-12-16(20)7-8-17(18)19(23)22-9-2-3-10-22/h4-8,11-12,21H,2-3,9-10,13H2,1H3. The summed E-state index contributed by atoms with van der Waals surface area (Å²) in [4.78, 5) is 14.6. The van der Waals surface area contributed by atoms with Gasteiger partial charge in [-0.05, 0) is 43.5 Å². The number of hydrogen-bond donors (Lipinski definition) is 1. The van der Waals surface area contributed by atoms with Crippen molar-refractivity contribution < 1.29 is 4.79 Å². The van der Waals surface area contributed by atoms with Gasteiger partial charge in [-0.15, -0.1) is 0 Å². The van der Waals surface area contributed by atoms with Crippen molar-refractivity contribution in [3.8, 4) is 0 Å². The van der Waals surface area contributed by atoms with Crippen molar-refractivity contribution >= 4 is 23.2 Å². The lowest BCUT2D eigenvalue weighted by atomic mass is 10.1. The summed E-state index contributed by atoms with van der Waals surface area (Å²) in [6.45, 7) is 4.44. The minimum Gasteiger partial charge on any atom is -0.380 e. The number of benzene rings is 2. The third kappa shape index (κ3) is 3.85. The molecule has 1 aliphatic heterocycles. The van der Waals surface area contributed by atoms with Crippen LogP contribution in [0.15, 0.2) is 42.5 Å². The highest BCUT2D eigenvalue weighted by atomic mass is 35.5. The highest BCUT2D eigenvalue weighted by Crippen LogP contribution is 2.24. The van der Waals surface area contributed by atoms with Crippen LogP contribution in [0.2, 0.25) is 5.02 Å². The first-order valence-corrected chi connectivity index (χ1v) is 8.39. The van der Waals surface area contributed by atoms with Gasteiger partial charge in [0.1, 0.15) is 0 Å². The Morgan fingerprint density at radius 1 is 1.17 bits per heavy atom. The molecule has 0 aliphatic carbocycles. The zero-order valence-electron chi connectivity index (χ0n) is 13.3. The van der Waals surface area contributed by atoms with E-state index in [1.54, 1.807) is 6.07 Å². The van der Waals surface area contributed by atoms with Crippen molar-refractivity contribution in [3.63, 3.8) is 0 Å². The minimum atomic E-state index is 0.0888. The number of likely N-dealkylation sites (tertiary alicyclic amines) is 1. The van der Waals surface area contributed by atoms with Crippen LogP contribution in [-0.2, 0) is 6.54 Å². The van der Waals surface area contributed by atoms with Crippen LogP contribution >= 0.6 is 11.6 Å². The van der Waals surface area contributed by atoms with Gasteiger partial charge in [0.15, 0.2) is 0 Å². The lowest BCUT2D eigenvalue weighted by Crippen LogP contribution is -2.28. The van der Waals surface area contributed by atoms with Gasteiger partial charge in [0, 0.05) is 30.3 Å². The molecule has 120 valence electrons. The number of nitrogens with one attached hydrogen (secondary N) is 1. The quantitative estimate of drug-likeness (QED) is 0.896. The summed E-state index contributed by atoms with van der Waals surface area (Å²) in [6.07, 6.45) is 2.18. The van der Waals surface area contributed by atoms with Gasteiger partial charge in [0.2, 0.25) is 0 Å². The first kappa shape index (κ1) is 15.9. The molecule has 3 rings (SSSR count). The molecule has 1 heterocycles. The van der Waals surface area contributed by atoms with Gasteiger partial charge in [0.25, 0.3) is 5.91 Å². The third-order valence-electron chi connectivity index (χ3n) is 4.17. The van der Waals surface area contributed by atoms with Crippen molar-refractivity contribution in [2.75, 3.05) is 18.4 Å². The molecular weight excluding hydrogens is 308 g/mol. The summed E-state index contributed by atoms with van der Waals surface area (Å²) < 4.78 is 0. The van der Waals surface area contributed by atoms with Crippen LogP contribution in [0.5, 0.6) is 0 Å². The molecule has 23 heavy (non-hydrogen) atoms. The second-order valence-electron chi connectivity index (χ2n) is 6.03. The van der Waals surface area contributed by atoms with Gasteiger partial charge >= 0.3 is 0 Å². The molecule has 1 saturated heterocycles. The lowest BCUT2D eigenvalue weighted by molar-refractivity contribution is 0.0793. The fraction of sp³-hybridized carbons (Fsp3) is 0.316. The van der Waals surface area contributed by atoms with Crippen LogP contribution in [0.3, 0.4) is 0 Å². The normalized spacial score (nSPS) is 14.1. The van der Waals surface area contributed by atoms with Gasteiger partial charge in [0.05, 0.1) is 5.56 Å². The Morgan fingerprint density at radius 3 is 2.70 bits per heavy atom. The molecule has 1 N–H and O–H groups in total. The summed E-state index contributed by atoms with van der Waals surface area (Å²) in [6, 6.07) is 13.8. The lowest BCUT2D eigenvalue weighted by Gasteiger charge is -2.18. The summed E-state index contributed by atoms with van der Waals surface area (Å²) in [5, 5.41) is 4.00. The maximum Gasteiger partial charge on any atom is 0.255 e. The highest BCUT2D eigenvalue weighted by molar-refractivity contribution is 6.31. The van der Waals surface area contributed by atoms with E-state index < -0.39 is 0 Å². The van der Waals surface area contributed by atoms with E-state index in [1.165, 1.54) is 11.1 Å². The second-order valence-corrected chi connectivity index (χ2v) is 6.47. The Kier molecular flexibility index (Phi) is 4.87. The number of nitrogens with zero attached hydrogens (tertiary/aromatic N) is 1. The Morgan fingerprint density at radius 2 is 1.96 bits per heavy atom. The van der Waals surface area contributed by atoms with Crippen molar-refractivity contribution in [1.82, 2.24) is 4.90 Å². The first-order valence-electron chi connectivity index (χ1n) is 8.02. The topological polar surface area (TPSA) is 32.3 Å². The van der Waals surface area contributed by atoms with E-state index in [1.807, 2.05) is 23.1 Å². The number of aryl methyl sites for hydroxylation is 1. The van der Waals surface area contributed by atoms with E-state index >= 15 is 0 Å². The van der Waals surface area contributed by atoms with Gasteiger partial charge in [-0.3, -0.25) is 4.79 Å². The molecule has 0 atom stereocenters. The fourth-order valence-corrected chi connectivity index (χ4v) is 3.13. The zero-order chi connectivity index (χ0) is 16.2. The van der Waals surface area contributed by atoms with Crippen LogP contribution in [0, 0.1) is 6.92 Å². The molecule has 3 nitrogen and oxygen atoms in total. The van der Waals surface area contributed by atoms with E-state index in [0.29, 0.717) is 17.1 Å². The smallest absolute Gasteiger partial charge is 0.255 e. The maximum atomic E-state index is 12.7. The van der Waals surface area contributed by atoms with Gasteiger partial charge < -0.3 is 10.2 Å². The molecule has 1 fully saturated rings. The molecule has 4 heteroatoms. The third-order valence-corrected chi connectivity index (χ3v) is 4.41. The average molecular weight is 329 g/mol. The van der Waals surface area contributed by atoms with Crippen molar-refractivity contribution in [2.24, 2.45) is 0 Å². The predicted molar refractivity (Wildman–Crippen MR) is 95.1 cm³/mol. The van der Waals surface area contributed by atoms with E-state index in [-0.39, 0.29) is 5.91 Å². The molecule has 0 unspecified atom stereocenters. The number of amides is 1. The van der Waals surface area contributed by atoms with Crippen LogP contribution in [0.4, 0.5) is 5.69 Å². The van der Waals surface area contributed by atoms with Crippen LogP contribution in [0.1, 0.15) is 34.3 Å². The SMILES string of the molecule is Cc1cccc(CNc2cc(Cl)ccc2C(=O)N2CCCC2)c1. The minimum absolute atomic E-state index is 0.0888. The number of halogens is 1. The predicted octanol–water partition coefficient (Wildman–Crippen LogP) is 4.50. The molecule has 0 radical (unpaired) electrons. The summed E-state index contributed by atoms with van der Waals surface area (Å²) in [5.41, 5.74) is 3.91. The van der Waals surface area contributed by atoms with Gasteiger partial charge in [-0.2, -0.15) is 0 Å². The van der Waals surface area contributed by atoms with Crippen molar-refractivity contribution in [2.45, 2.75) is 26.3 Å². The van der Waals surface area contributed by atoms with Crippen LogP contribution < -0.4 is 5.32 Å². The Labute approximate surface area is 142 Å². The Hall–Kier alpha value is -2.00. The number of anilines is 1. The molecule has 0 aromatic heterocycles. The molecule has 2 aromatic carbocycles. The molecule has 0 bridgehead atoms. The van der Waals surface area contributed by atoms with Gasteiger partial charge in [-0.1, -0.05) is 41.4 Å². The number of carbonyl (C=O) groups excluding carboxylic acids is 1. The van der Waals surface area contributed by atoms with E-state index in [9.17, 15) is 4.79 Å². The zero-order valence-corrected chi connectivity index (χ0v) is 14.1. The molecule has 0 saturated carbocycles. The maximum absolute atomic E-state index is 12.7. The average Bonchev–Trinajstić information content (AvgIpc) is 3.07. The number of rotatable bonds is 4.